The number of hydrogen-bond donors (Lipinski definition) is 2. The molecule has 0 aliphatic heterocycles. The van der Waals surface area contributed by atoms with E-state index in [9.17, 15) is 13.8 Å². The molecule has 2 aromatic rings. The number of carbonyl (C=O) groups excluding carboxylic acids is 2. The lowest BCUT2D eigenvalue weighted by atomic mass is 10.0. The van der Waals surface area contributed by atoms with Gasteiger partial charge < -0.3 is 5.73 Å². The van der Waals surface area contributed by atoms with Crippen molar-refractivity contribution in [1.82, 2.24) is 4.72 Å². The van der Waals surface area contributed by atoms with Crippen molar-refractivity contribution >= 4 is 53.8 Å². The molecular weight excluding hydrogens is 354 g/mol. The summed E-state index contributed by atoms with van der Waals surface area (Å²) >= 11 is 2.80. The number of nitrogens with one attached hydrogen (secondary N) is 1. The molecule has 0 saturated heterocycles. The van der Waals surface area contributed by atoms with E-state index in [2.05, 4.69) is 9.08 Å². The molecule has 0 aliphatic carbocycles. The predicted molar refractivity (Wildman–Crippen MR) is 94.8 cm³/mol. The average Bonchev–Trinajstić information content (AvgIpc) is 2.98. The Labute approximate surface area is 143 Å². The number of rotatable bonds is 5. The molecule has 0 fully saturated rings. The van der Waals surface area contributed by atoms with Crippen molar-refractivity contribution in [2.24, 2.45) is 16.0 Å². The minimum atomic E-state index is -3.38. The standard InChI is InChI=1S/C14H19N3O3S3/c1-8(2)6-10(15)14(19)17-23(20,16-9(3)18)12-7-22-11-4-5-21-13(11)12/h4-5,7-8,10H,6,15H2,1-3H3,(H,16,17,18,19,20)/t10-,23?/m0/s1. The van der Waals surface area contributed by atoms with Gasteiger partial charge in [-0.05, 0) is 23.8 Å². The van der Waals surface area contributed by atoms with Crippen molar-refractivity contribution in [1.29, 1.82) is 0 Å². The van der Waals surface area contributed by atoms with Crippen molar-refractivity contribution in [3.8, 4) is 0 Å². The van der Waals surface area contributed by atoms with Crippen LogP contribution < -0.4 is 10.5 Å². The van der Waals surface area contributed by atoms with Crippen molar-refractivity contribution in [2.45, 2.75) is 38.1 Å². The van der Waals surface area contributed by atoms with E-state index >= 15 is 0 Å². The number of hydrogen-bond acceptors (Lipinski definition) is 6. The highest BCUT2D eigenvalue weighted by molar-refractivity contribution is 7.93. The molecule has 3 N–H and O–H groups in total. The van der Waals surface area contributed by atoms with Crippen molar-refractivity contribution in [3.05, 3.63) is 16.8 Å². The van der Waals surface area contributed by atoms with E-state index in [1.807, 2.05) is 25.3 Å². The van der Waals surface area contributed by atoms with Gasteiger partial charge in [-0.25, -0.2) is 4.21 Å². The molecule has 126 valence electrons. The minimum Gasteiger partial charge on any atom is -0.320 e. The SMILES string of the molecule is CC(=O)NS(=O)(=NC(=O)[C@@H](N)CC(C)C)c1csc2ccsc12. The quantitative estimate of drug-likeness (QED) is 0.841. The Morgan fingerprint density at radius 3 is 2.70 bits per heavy atom. The highest BCUT2D eigenvalue weighted by atomic mass is 32.2. The van der Waals surface area contributed by atoms with E-state index < -0.39 is 27.8 Å². The molecule has 2 amide bonds. The lowest BCUT2D eigenvalue weighted by molar-refractivity contribution is -0.119. The summed E-state index contributed by atoms with van der Waals surface area (Å²) in [6, 6.07) is 1.07. The van der Waals surface area contributed by atoms with Gasteiger partial charge in [0.05, 0.1) is 15.6 Å². The summed E-state index contributed by atoms with van der Waals surface area (Å²) < 4.78 is 21.1. The monoisotopic (exact) mass is 373 g/mol. The van der Waals surface area contributed by atoms with E-state index in [1.54, 1.807) is 5.38 Å². The highest BCUT2D eigenvalue weighted by Gasteiger charge is 2.24. The van der Waals surface area contributed by atoms with Crippen LogP contribution in [0.25, 0.3) is 9.40 Å². The molecule has 0 spiro atoms. The Bertz CT molecular complexity index is 844. The number of thiophene rings is 2. The number of carbonyl (C=O) groups is 2. The molecule has 0 saturated carbocycles. The Hall–Kier alpha value is -1.29. The third kappa shape index (κ3) is 4.17. The second kappa shape index (κ2) is 7.08. The Morgan fingerprint density at radius 2 is 2.09 bits per heavy atom. The summed E-state index contributed by atoms with van der Waals surface area (Å²) in [6.07, 6.45) is 0.440. The van der Waals surface area contributed by atoms with E-state index in [4.69, 9.17) is 5.73 Å². The zero-order valence-electron chi connectivity index (χ0n) is 13.1. The second-order valence-electron chi connectivity index (χ2n) is 5.56. The van der Waals surface area contributed by atoms with Gasteiger partial charge in [-0.15, -0.1) is 27.0 Å². The fourth-order valence-corrected chi connectivity index (χ4v) is 6.53. The van der Waals surface area contributed by atoms with Crippen LogP contribution in [0.2, 0.25) is 0 Å². The van der Waals surface area contributed by atoms with E-state index in [0.717, 1.165) is 9.40 Å². The van der Waals surface area contributed by atoms with Crippen LogP contribution in [0.5, 0.6) is 0 Å². The van der Waals surface area contributed by atoms with Gasteiger partial charge in [0.15, 0.2) is 9.92 Å². The summed E-state index contributed by atoms with van der Waals surface area (Å²) in [4.78, 5) is 24.1. The largest absolute Gasteiger partial charge is 0.320 e. The minimum absolute atomic E-state index is 0.214. The van der Waals surface area contributed by atoms with Gasteiger partial charge in [0.1, 0.15) is 0 Å². The number of fused-ring (bicyclic) bond motifs is 1. The summed E-state index contributed by atoms with van der Waals surface area (Å²) in [5.74, 6) is -0.959. The van der Waals surface area contributed by atoms with Gasteiger partial charge in [-0.2, -0.15) is 0 Å². The number of nitrogens with two attached hydrogens (primary N) is 1. The Balaban J connectivity index is 2.50. The molecule has 2 heterocycles. The van der Waals surface area contributed by atoms with Crippen LogP contribution in [-0.2, 0) is 19.5 Å². The predicted octanol–water partition coefficient (Wildman–Crippen LogP) is 2.74. The molecule has 2 rings (SSSR count). The van der Waals surface area contributed by atoms with Crippen molar-refractivity contribution in [2.75, 3.05) is 0 Å². The van der Waals surface area contributed by atoms with Crippen LogP contribution in [0.1, 0.15) is 27.2 Å². The molecule has 6 nitrogen and oxygen atoms in total. The van der Waals surface area contributed by atoms with Crippen LogP contribution in [0, 0.1) is 5.92 Å². The second-order valence-corrected chi connectivity index (χ2v) is 9.27. The third-order valence-corrected chi connectivity index (χ3v) is 7.21. The van der Waals surface area contributed by atoms with Gasteiger partial charge in [0.2, 0.25) is 5.91 Å². The first-order valence-corrected chi connectivity index (χ1v) is 10.3. The van der Waals surface area contributed by atoms with Gasteiger partial charge in [-0.1, -0.05) is 13.8 Å². The van der Waals surface area contributed by atoms with E-state index in [1.165, 1.54) is 29.6 Å². The number of nitrogens with zero attached hydrogens (tertiary/aromatic N) is 1. The first-order chi connectivity index (χ1) is 10.7. The average molecular weight is 374 g/mol. The first kappa shape index (κ1) is 18.1. The molecule has 1 unspecified atom stereocenters. The van der Waals surface area contributed by atoms with Crippen LogP contribution >= 0.6 is 22.7 Å². The molecule has 0 bridgehead atoms. The molecule has 0 aromatic carbocycles. The van der Waals surface area contributed by atoms with E-state index in [-0.39, 0.29) is 5.92 Å². The van der Waals surface area contributed by atoms with Gasteiger partial charge in [-0.3, -0.25) is 14.3 Å². The van der Waals surface area contributed by atoms with Crippen LogP contribution in [-0.4, -0.2) is 22.1 Å². The molecular formula is C14H19N3O3S3. The van der Waals surface area contributed by atoms with Crippen molar-refractivity contribution < 1.29 is 13.8 Å². The summed E-state index contributed by atoms with van der Waals surface area (Å²) in [5, 5.41) is 3.54. The van der Waals surface area contributed by atoms with Crippen LogP contribution in [0.15, 0.2) is 26.1 Å². The fraction of sp³-hybridized carbons (Fsp3) is 0.429. The van der Waals surface area contributed by atoms with E-state index in [0.29, 0.717) is 11.3 Å². The molecule has 0 aliphatic rings. The number of amides is 2. The van der Waals surface area contributed by atoms with Gasteiger partial charge >= 0.3 is 0 Å². The zero-order chi connectivity index (χ0) is 17.2. The molecule has 9 heteroatoms. The third-order valence-electron chi connectivity index (χ3n) is 2.99. The molecule has 0 radical (unpaired) electrons. The lowest BCUT2D eigenvalue weighted by Gasteiger charge is -2.13. The van der Waals surface area contributed by atoms with Crippen LogP contribution in [0.3, 0.4) is 0 Å². The maximum Gasteiger partial charge on any atom is 0.272 e. The maximum absolute atomic E-state index is 13.2. The molecule has 2 atom stereocenters. The normalized spacial score (nSPS) is 15.3. The summed E-state index contributed by atoms with van der Waals surface area (Å²) in [7, 11) is -3.38. The fourth-order valence-electron chi connectivity index (χ4n) is 2.06. The first-order valence-electron chi connectivity index (χ1n) is 7.02. The summed E-state index contributed by atoms with van der Waals surface area (Å²) in [6.45, 7) is 5.12. The van der Waals surface area contributed by atoms with Gasteiger partial charge in [0.25, 0.3) is 5.91 Å². The molecule has 23 heavy (non-hydrogen) atoms. The lowest BCUT2D eigenvalue weighted by Crippen LogP contribution is -2.34. The Kier molecular flexibility index (Phi) is 5.56. The highest BCUT2D eigenvalue weighted by Crippen LogP contribution is 2.34. The van der Waals surface area contributed by atoms with Crippen molar-refractivity contribution in [3.63, 3.8) is 0 Å². The Morgan fingerprint density at radius 1 is 1.39 bits per heavy atom. The molecule has 2 aromatic heterocycles. The van der Waals surface area contributed by atoms with Crippen LogP contribution in [0.4, 0.5) is 0 Å². The topological polar surface area (TPSA) is 102 Å². The van der Waals surface area contributed by atoms with Gasteiger partial charge in [0, 0.05) is 17.0 Å². The maximum atomic E-state index is 13.2. The zero-order valence-corrected chi connectivity index (χ0v) is 15.5. The smallest absolute Gasteiger partial charge is 0.272 e. The summed E-state index contributed by atoms with van der Waals surface area (Å²) in [5.41, 5.74) is 5.83.